The molecule has 3 aliphatic rings. The van der Waals surface area contributed by atoms with Gasteiger partial charge in [0.2, 0.25) is 17.8 Å². The molecule has 6 heterocycles. The predicted molar refractivity (Wildman–Crippen MR) is 235 cm³/mol. The van der Waals surface area contributed by atoms with Gasteiger partial charge < -0.3 is 59.4 Å². The van der Waals surface area contributed by atoms with Crippen molar-refractivity contribution < 1.29 is 48.3 Å². The highest BCUT2D eigenvalue weighted by Gasteiger charge is 2.52. The highest BCUT2D eigenvalue weighted by Crippen LogP contribution is 2.41. The van der Waals surface area contributed by atoms with E-state index in [0.29, 0.717) is 28.5 Å². The zero-order chi connectivity index (χ0) is 45.4. The number of cyclic esters (lactones) is 1. The molecule has 1 fully saturated rings. The third kappa shape index (κ3) is 8.44. The average Bonchev–Trinajstić information content (AvgIpc) is 3.93. The van der Waals surface area contributed by atoms with Gasteiger partial charge in [-0.2, -0.15) is 0 Å². The number of nitrogens with zero attached hydrogens (tertiary/aromatic N) is 3. The van der Waals surface area contributed by atoms with E-state index < -0.39 is 72.2 Å². The van der Waals surface area contributed by atoms with Crippen LogP contribution in [0.5, 0.6) is 5.75 Å². The van der Waals surface area contributed by atoms with Gasteiger partial charge in [-0.1, -0.05) is 39.0 Å². The normalized spacial score (nSPS) is 23.2. The Balaban J connectivity index is 0.986. The summed E-state index contributed by atoms with van der Waals surface area (Å²) in [4.78, 5) is 68.4. The molecule has 1 saturated heterocycles. The first-order valence-corrected chi connectivity index (χ1v) is 21.3. The molecular weight excluding hydrogens is 847 g/mol. The van der Waals surface area contributed by atoms with E-state index in [-0.39, 0.29) is 47.8 Å². The maximum absolute atomic E-state index is 14.3. The van der Waals surface area contributed by atoms with Crippen LogP contribution in [0.2, 0.25) is 0 Å². The minimum atomic E-state index is -1.99. The smallest absolute Gasteiger partial charge is 0.355 e. The molecule has 5 aromatic rings. The fraction of sp³-hybridized carbons (Fsp3) is 0.400. The maximum Gasteiger partial charge on any atom is 0.355 e. The number of rotatable bonds is 13. The van der Waals surface area contributed by atoms with E-state index in [9.17, 15) is 29.4 Å². The molecule has 0 saturated carbocycles. The molecule has 6 N–H and O–H groups in total. The zero-order valence-electron chi connectivity index (χ0n) is 35.7. The number of carbonyl (C=O) groups is 3. The van der Waals surface area contributed by atoms with Crippen molar-refractivity contribution in [3.8, 4) is 17.1 Å². The van der Waals surface area contributed by atoms with Gasteiger partial charge in [-0.25, -0.2) is 19.6 Å². The number of anilines is 1. The first kappa shape index (κ1) is 44.4. The van der Waals surface area contributed by atoms with E-state index in [2.05, 4.69) is 25.9 Å². The summed E-state index contributed by atoms with van der Waals surface area (Å²) >= 11 is 5.63. The lowest BCUT2D eigenvalue weighted by Gasteiger charge is -2.40. The number of aromatic amines is 1. The molecule has 2 aromatic carbocycles. The van der Waals surface area contributed by atoms with Crippen LogP contribution in [0.3, 0.4) is 0 Å². The summed E-state index contributed by atoms with van der Waals surface area (Å²) in [6, 6.07) is 15.6. The number of methoxy groups -OCH3 is 1. The summed E-state index contributed by atoms with van der Waals surface area (Å²) in [6.45, 7) is 6.74. The molecule has 8 atom stereocenters. The van der Waals surface area contributed by atoms with E-state index in [4.69, 9.17) is 40.9 Å². The minimum absolute atomic E-state index is 0.0603. The lowest BCUT2D eigenvalue weighted by Crippen LogP contribution is -2.59. The van der Waals surface area contributed by atoms with Crippen molar-refractivity contribution in [3.63, 3.8) is 0 Å². The second kappa shape index (κ2) is 18.1. The van der Waals surface area contributed by atoms with E-state index >= 15 is 0 Å². The lowest BCUT2D eigenvalue weighted by atomic mass is 9.85. The molecule has 0 unspecified atom stereocenters. The molecule has 0 radical (unpaired) electrons. The number of para-hydroxylation sites is 1. The van der Waals surface area contributed by atoms with Gasteiger partial charge in [0.25, 0.3) is 5.56 Å². The first-order chi connectivity index (χ1) is 30.7. The van der Waals surface area contributed by atoms with Crippen molar-refractivity contribution in [2.24, 2.45) is 5.92 Å². The number of aromatic nitrogens is 4. The Hall–Kier alpha value is -6.25. The Morgan fingerprint density at radius 3 is 2.55 bits per heavy atom. The monoisotopic (exact) mass is 895 g/mol. The number of esters is 2. The number of thiocarbonyl (C=S) groups is 1. The molecule has 8 rings (SSSR count). The van der Waals surface area contributed by atoms with Crippen LogP contribution < -0.4 is 26.2 Å². The standard InChI is InChI=1S/C45H49N7O11S/c1-6-45(30-17-33-35-25(15-24-9-7-8-10-31(24)49-35)19-52(33)40(56)29(30)20-60-43(45)58)63-41(57)34(22(2)3)51-39(55)32(16-27-18-46-21-47-27)50-44(64)48-26-11-13-28(14-12-26)62-42-37(54)38(59-5)36(53)23(4)61-42/h7-15,17-18,21-23,32,34,36-38,42,53-54H,6,16,19-20H2,1-5H3,(H,46,47)(H,51,55)(H2,48,50,64)/t23-,32-,34+,36+,37-,38+,42+,45-/m0/s1. The Morgan fingerprint density at radius 2 is 1.84 bits per heavy atom. The number of aliphatic hydroxyl groups is 2. The van der Waals surface area contributed by atoms with E-state index in [0.717, 1.165) is 16.5 Å². The molecule has 336 valence electrons. The highest BCUT2D eigenvalue weighted by molar-refractivity contribution is 7.80. The fourth-order valence-electron chi connectivity index (χ4n) is 8.34. The van der Waals surface area contributed by atoms with Crippen molar-refractivity contribution in [1.29, 1.82) is 0 Å². The number of benzene rings is 2. The summed E-state index contributed by atoms with van der Waals surface area (Å²) in [5.41, 5.74) is 1.84. The van der Waals surface area contributed by atoms with Crippen LogP contribution in [0.25, 0.3) is 22.3 Å². The molecule has 0 bridgehead atoms. The van der Waals surface area contributed by atoms with Crippen molar-refractivity contribution in [2.45, 2.75) is 102 Å². The van der Waals surface area contributed by atoms with Crippen LogP contribution in [0.15, 0.2) is 78.0 Å². The minimum Gasteiger partial charge on any atom is -0.462 e. The first-order valence-electron chi connectivity index (χ1n) is 20.9. The topological polar surface area (TPSA) is 237 Å². The van der Waals surface area contributed by atoms with Crippen LogP contribution in [-0.2, 0) is 58.5 Å². The Kier molecular flexibility index (Phi) is 12.5. The number of imidazole rings is 1. The van der Waals surface area contributed by atoms with Crippen LogP contribution in [-0.4, -0.2) is 103 Å². The van der Waals surface area contributed by atoms with Gasteiger partial charge in [-0.05, 0) is 73.9 Å². The molecule has 0 spiro atoms. The number of carbonyl (C=O) groups excluding carboxylic acids is 3. The molecule has 64 heavy (non-hydrogen) atoms. The van der Waals surface area contributed by atoms with Gasteiger partial charge in [0, 0.05) is 47.6 Å². The third-order valence-corrected chi connectivity index (χ3v) is 12.1. The van der Waals surface area contributed by atoms with Crippen LogP contribution in [0.4, 0.5) is 5.69 Å². The molecule has 1 amide bonds. The second-order valence-corrected chi connectivity index (χ2v) is 16.8. The van der Waals surface area contributed by atoms with Gasteiger partial charge in [0.05, 0.1) is 41.4 Å². The predicted octanol–water partition coefficient (Wildman–Crippen LogP) is 2.95. The van der Waals surface area contributed by atoms with Gasteiger partial charge in [-0.15, -0.1) is 0 Å². The molecule has 0 aliphatic carbocycles. The number of aliphatic hydroxyl groups excluding tert-OH is 2. The van der Waals surface area contributed by atoms with Crippen molar-refractivity contribution in [1.82, 2.24) is 30.2 Å². The number of pyridine rings is 2. The quantitative estimate of drug-likeness (QED) is 0.0722. The van der Waals surface area contributed by atoms with Crippen LogP contribution >= 0.6 is 12.2 Å². The molecule has 19 heteroatoms. The highest BCUT2D eigenvalue weighted by atomic mass is 32.1. The van der Waals surface area contributed by atoms with Crippen molar-refractivity contribution >= 4 is 51.8 Å². The van der Waals surface area contributed by atoms with Crippen LogP contribution in [0.1, 0.15) is 56.5 Å². The van der Waals surface area contributed by atoms with E-state index in [1.165, 1.54) is 13.4 Å². The fourth-order valence-corrected chi connectivity index (χ4v) is 8.60. The maximum atomic E-state index is 14.3. The number of hydrogen-bond donors (Lipinski definition) is 6. The van der Waals surface area contributed by atoms with Crippen molar-refractivity contribution in [3.05, 3.63) is 106 Å². The number of nitrogens with one attached hydrogen (secondary N) is 4. The Bertz CT molecular complexity index is 2640. The number of H-pyrrole nitrogens is 1. The van der Waals surface area contributed by atoms with Crippen LogP contribution in [0, 0.1) is 5.92 Å². The SMILES string of the molecule is CC[C@@]1(OC(=O)[C@H](NC(=O)[C@H](Cc2cnc[nH]2)NC(=S)Nc2ccc(O[C@H]3O[C@@H](C)[C@@H](O)[C@@H](OC)[C@@H]3O)cc2)C(C)C)C(=O)OCc2c1cc1n(c2=O)Cc2cc3ccccc3nc2-1. The van der Waals surface area contributed by atoms with Gasteiger partial charge in [0.1, 0.15) is 42.8 Å². The van der Waals surface area contributed by atoms with Gasteiger partial charge >= 0.3 is 11.9 Å². The average molecular weight is 896 g/mol. The summed E-state index contributed by atoms with van der Waals surface area (Å²) in [7, 11) is 1.38. The Labute approximate surface area is 372 Å². The molecule has 3 aliphatic heterocycles. The molecule has 3 aromatic heterocycles. The number of ether oxygens (including phenoxy) is 5. The lowest BCUT2D eigenvalue weighted by molar-refractivity contribution is -0.272. The summed E-state index contributed by atoms with van der Waals surface area (Å²) in [5, 5.41) is 30.8. The number of hydrogen-bond acceptors (Lipinski definition) is 14. The Morgan fingerprint density at radius 1 is 1.08 bits per heavy atom. The molecule has 18 nitrogen and oxygen atoms in total. The summed E-state index contributed by atoms with van der Waals surface area (Å²) in [6.07, 6.45) is -1.89. The van der Waals surface area contributed by atoms with Gasteiger partial charge in [-0.3, -0.25) is 9.59 Å². The van der Waals surface area contributed by atoms with Crippen molar-refractivity contribution in [2.75, 3.05) is 12.4 Å². The summed E-state index contributed by atoms with van der Waals surface area (Å²) in [5.74, 6) is -2.51. The molecular formula is C45H49N7O11S. The summed E-state index contributed by atoms with van der Waals surface area (Å²) < 4.78 is 30.1. The number of amides is 1. The van der Waals surface area contributed by atoms with E-state index in [1.807, 2.05) is 30.3 Å². The third-order valence-electron chi connectivity index (χ3n) is 11.9. The largest absolute Gasteiger partial charge is 0.462 e. The number of fused-ring (bicyclic) bond motifs is 5. The van der Waals surface area contributed by atoms with Gasteiger partial charge in [0.15, 0.2) is 5.11 Å². The zero-order valence-corrected chi connectivity index (χ0v) is 36.5. The van der Waals surface area contributed by atoms with E-state index in [1.54, 1.807) is 68.8 Å². The second-order valence-electron chi connectivity index (χ2n) is 16.4.